The van der Waals surface area contributed by atoms with E-state index in [0.29, 0.717) is 12.3 Å². The maximum absolute atomic E-state index is 11.1. The normalized spacial score (nSPS) is 11.9. The maximum Gasteiger partial charge on any atom is 0.321 e. The van der Waals surface area contributed by atoms with Gasteiger partial charge in [-0.25, -0.2) is 4.79 Å². The summed E-state index contributed by atoms with van der Waals surface area (Å²) in [6.07, 6.45) is 0.874. The van der Waals surface area contributed by atoms with E-state index in [1.807, 2.05) is 6.92 Å². The number of imide groups is 1. The van der Waals surface area contributed by atoms with E-state index in [-0.39, 0.29) is 11.9 Å². The van der Waals surface area contributed by atoms with Gasteiger partial charge >= 0.3 is 6.03 Å². The second-order valence-electron chi connectivity index (χ2n) is 3.23. The lowest BCUT2D eigenvalue weighted by Crippen LogP contribution is -2.40. The van der Waals surface area contributed by atoms with Gasteiger partial charge in [0.1, 0.15) is 0 Å². The average molecular weight is 233 g/mol. The van der Waals surface area contributed by atoms with Crippen molar-refractivity contribution in [3.8, 4) is 0 Å². The summed E-state index contributed by atoms with van der Waals surface area (Å²) in [5, 5.41) is 4.71. The molecule has 0 bridgehead atoms. The molecule has 0 radical (unpaired) electrons. The van der Waals surface area contributed by atoms with Crippen LogP contribution in [-0.2, 0) is 4.79 Å². The summed E-state index contributed by atoms with van der Waals surface area (Å²) in [5.74, 6) is 0.861. The van der Waals surface area contributed by atoms with Gasteiger partial charge in [0.25, 0.3) is 0 Å². The largest absolute Gasteiger partial charge is 0.338 e. The predicted molar refractivity (Wildman–Crippen MR) is 62.8 cm³/mol. The minimum absolute atomic E-state index is 0.156. The number of hydrogen-bond acceptors (Lipinski definition) is 4. The zero-order chi connectivity index (χ0) is 11.7. The number of carbonyl (C=O) groups excluding carboxylic acids is 2. The second-order valence-corrected chi connectivity index (χ2v) is 4.33. The van der Waals surface area contributed by atoms with E-state index in [0.717, 1.165) is 12.2 Å². The fraction of sp³-hybridized carbons (Fsp3) is 0.778. The number of nitrogens with one attached hydrogen (secondary N) is 2. The van der Waals surface area contributed by atoms with E-state index < -0.39 is 6.03 Å². The quantitative estimate of drug-likeness (QED) is 0.576. The molecule has 0 aromatic heterocycles. The van der Waals surface area contributed by atoms with Crippen LogP contribution in [0, 0.1) is 0 Å². The highest BCUT2D eigenvalue weighted by Gasteiger charge is 2.06. The highest BCUT2D eigenvalue weighted by atomic mass is 32.2. The second kappa shape index (κ2) is 8.55. The summed E-state index contributed by atoms with van der Waals surface area (Å²) in [4.78, 5) is 22.1. The first kappa shape index (κ1) is 14.2. The van der Waals surface area contributed by atoms with Crippen LogP contribution in [0.2, 0.25) is 0 Å². The van der Waals surface area contributed by atoms with Crippen molar-refractivity contribution >= 4 is 23.7 Å². The summed E-state index contributed by atoms with van der Waals surface area (Å²) in [6.45, 7) is 4.23. The molecular weight excluding hydrogens is 214 g/mol. The Morgan fingerprint density at radius 3 is 2.67 bits per heavy atom. The molecule has 6 heteroatoms. The van der Waals surface area contributed by atoms with Crippen molar-refractivity contribution < 1.29 is 9.59 Å². The van der Waals surface area contributed by atoms with Crippen LogP contribution >= 0.6 is 11.8 Å². The molecule has 0 aliphatic carbocycles. The van der Waals surface area contributed by atoms with Gasteiger partial charge in [0, 0.05) is 12.6 Å². The number of rotatable bonds is 6. The molecule has 0 aromatic carbocycles. The van der Waals surface area contributed by atoms with Gasteiger partial charge < -0.3 is 11.1 Å². The molecule has 0 heterocycles. The zero-order valence-corrected chi connectivity index (χ0v) is 10.0. The number of amides is 3. The third-order valence-corrected chi connectivity index (χ3v) is 2.53. The van der Waals surface area contributed by atoms with Crippen molar-refractivity contribution in [1.82, 2.24) is 10.6 Å². The minimum atomic E-state index is -0.435. The van der Waals surface area contributed by atoms with Gasteiger partial charge in [-0.05, 0) is 26.0 Å². The first-order chi connectivity index (χ1) is 7.06. The van der Waals surface area contributed by atoms with Gasteiger partial charge in [0.2, 0.25) is 5.91 Å². The Morgan fingerprint density at radius 1 is 1.47 bits per heavy atom. The number of urea groups is 1. The van der Waals surface area contributed by atoms with E-state index in [4.69, 9.17) is 5.73 Å². The van der Waals surface area contributed by atoms with Gasteiger partial charge in [-0.2, -0.15) is 11.8 Å². The van der Waals surface area contributed by atoms with Crippen molar-refractivity contribution in [2.75, 3.05) is 18.1 Å². The van der Waals surface area contributed by atoms with Gasteiger partial charge in [0.15, 0.2) is 0 Å². The Balaban J connectivity index is 3.45. The van der Waals surface area contributed by atoms with Crippen LogP contribution in [0.25, 0.3) is 0 Å². The summed E-state index contributed by atoms with van der Waals surface area (Å²) < 4.78 is 0. The lowest BCUT2D eigenvalue weighted by Gasteiger charge is -2.05. The number of hydrogen-bond donors (Lipinski definition) is 3. The van der Waals surface area contributed by atoms with Crippen molar-refractivity contribution in [2.45, 2.75) is 26.3 Å². The molecule has 15 heavy (non-hydrogen) atoms. The van der Waals surface area contributed by atoms with Crippen LogP contribution in [0.5, 0.6) is 0 Å². The van der Waals surface area contributed by atoms with Crippen LogP contribution in [0.1, 0.15) is 20.3 Å². The van der Waals surface area contributed by atoms with Crippen LogP contribution in [-0.4, -0.2) is 36.0 Å². The van der Waals surface area contributed by atoms with Gasteiger partial charge in [-0.1, -0.05) is 0 Å². The van der Waals surface area contributed by atoms with Crippen LogP contribution < -0.4 is 16.4 Å². The van der Waals surface area contributed by atoms with Crippen LogP contribution in [0.3, 0.4) is 0 Å². The molecule has 1 atom stereocenters. The lowest BCUT2D eigenvalue weighted by molar-refractivity contribution is -0.117. The molecule has 0 spiro atoms. The Morgan fingerprint density at radius 2 is 2.13 bits per heavy atom. The minimum Gasteiger partial charge on any atom is -0.338 e. The number of nitrogens with two attached hydrogens (primary N) is 1. The molecule has 0 saturated carbocycles. The zero-order valence-electron chi connectivity index (χ0n) is 9.21. The van der Waals surface area contributed by atoms with E-state index >= 15 is 0 Å². The molecule has 1 unspecified atom stereocenters. The molecule has 0 aliphatic rings. The monoisotopic (exact) mass is 233 g/mol. The fourth-order valence-corrected chi connectivity index (χ4v) is 1.74. The standard InChI is InChI=1S/C9H19N3O2S/c1-3-11-9(14)12-8(13)6-15-5-4-7(2)10/h7H,3-6,10H2,1-2H3,(H2,11,12,13,14). The van der Waals surface area contributed by atoms with Crippen molar-refractivity contribution in [3.05, 3.63) is 0 Å². The summed E-state index contributed by atoms with van der Waals surface area (Å²) in [6, 6.07) is -0.278. The topological polar surface area (TPSA) is 84.2 Å². The lowest BCUT2D eigenvalue weighted by atomic mass is 10.3. The molecule has 4 N–H and O–H groups in total. The Kier molecular flexibility index (Phi) is 8.12. The first-order valence-electron chi connectivity index (χ1n) is 4.97. The predicted octanol–water partition coefficient (Wildman–Crippen LogP) is 0.303. The Hall–Kier alpha value is -0.750. The maximum atomic E-state index is 11.1. The molecule has 0 aromatic rings. The molecule has 0 saturated heterocycles. The number of thioether (sulfide) groups is 1. The molecule has 88 valence electrons. The van der Waals surface area contributed by atoms with E-state index in [9.17, 15) is 9.59 Å². The average Bonchev–Trinajstić information content (AvgIpc) is 2.12. The third-order valence-electron chi connectivity index (χ3n) is 1.54. The number of carbonyl (C=O) groups is 2. The molecular formula is C9H19N3O2S. The first-order valence-corrected chi connectivity index (χ1v) is 6.12. The summed E-state index contributed by atoms with van der Waals surface area (Å²) >= 11 is 1.48. The third kappa shape index (κ3) is 9.55. The van der Waals surface area contributed by atoms with Crippen molar-refractivity contribution in [3.63, 3.8) is 0 Å². The molecule has 0 aliphatic heterocycles. The van der Waals surface area contributed by atoms with Gasteiger partial charge in [0.05, 0.1) is 5.75 Å². The van der Waals surface area contributed by atoms with Crippen LogP contribution in [0.15, 0.2) is 0 Å². The smallest absolute Gasteiger partial charge is 0.321 e. The summed E-state index contributed by atoms with van der Waals surface area (Å²) in [7, 11) is 0. The van der Waals surface area contributed by atoms with Crippen molar-refractivity contribution in [2.24, 2.45) is 5.73 Å². The van der Waals surface area contributed by atoms with Gasteiger partial charge in [-0.15, -0.1) is 0 Å². The highest BCUT2D eigenvalue weighted by Crippen LogP contribution is 2.02. The highest BCUT2D eigenvalue weighted by molar-refractivity contribution is 7.99. The SMILES string of the molecule is CCNC(=O)NC(=O)CSCCC(C)N. The van der Waals surface area contributed by atoms with Crippen molar-refractivity contribution in [1.29, 1.82) is 0 Å². The van der Waals surface area contributed by atoms with E-state index in [1.165, 1.54) is 11.8 Å². The summed E-state index contributed by atoms with van der Waals surface area (Å²) in [5.41, 5.74) is 5.55. The molecule has 3 amide bonds. The Labute approximate surface area is 94.5 Å². The fourth-order valence-electron chi connectivity index (χ4n) is 0.802. The molecule has 0 fully saturated rings. The van der Waals surface area contributed by atoms with Crippen LogP contribution in [0.4, 0.5) is 4.79 Å². The van der Waals surface area contributed by atoms with Gasteiger partial charge in [-0.3, -0.25) is 10.1 Å². The van der Waals surface area contributed by atoms with E-state index in [1.54, 1.807) is 6.92 Å². The molecule has 5 nitrogen and oxygen atoms in total. The Bertz CT molecular complexity index is 210. The molecule has 0 rings (SSSR count). The van der Waals surface area contributed by atoms with E-state index in [2.05, 4.69) is 10.6 Å².